The van der Waals surface area contributed by atoms with Crippen LogP contribution in [0.4, 0.5) is 18.9 Å². The first-order valence-electron chi connectivity index (χ1n) is 7.83. The van der Waals surface area contributed by atoms with Gasteiger partial charge in [-0.1, -0.05) is 17.8 Å². The molecule has 0 saturated carbocycles. The van der Waals surface area contributed by atoms with Crippen LogP contribution in [0.15, 0.2) is 41.4 Å². The summed E-state index contributed by atoms with van der Waals surface area (Å²) in [7, 11) is 0. The number of nitrogens with two attached hydrogens (primary N) is 1. The molecule has 4 nitrogen and oxygen atoms in total. The number of carbonyl (C=O) groups excluding carboxylic acids is 1. The van der Waals surface area contributed by atoms with Gasteiger partial charge in [0.15, 0.2) is 16.8 Å². The number of carbonyl (C=O) groups is 1. The second-order valence-corrected chi connectivity index (χ2v) is 7.22. The van der Waals surface area contributed by atoms with Crippen LogP contribution in [0.25, 0.3) is 0 Å². The van der Waals surface area contributed by atoms with E-state index >= 15 is 0 Å². The Morgan fingerprint density at radius 1 is 1.15 bits per heavy atom. The van der Waals surface area contributed by atoms with Gasteiger partial charge in [0.2, 0.25) is 0 Å². The van der Waals surface area contributed by atoms with Gasteiger partial charge in [0, 0.05) is 11.3 Å². The van der Waals surface area contributed by atoms with Crippen LogP contribution in [-0.2, 0) is 5.54 Å². The third-order valence-electron chi connectivity index (χ3n) is 4.21. The molecule has 3 rings (SSSR count). The van der Waals surface area contributed by atoms with Crippen molar-refractivity contribution in [2.45, 2.75) is 18.9 Å². The van der Waals surface area contributed by atoms with Crippen molar-refractivity contribution in [3.63, 3.8) is 0 Å². The fraction of sp³-hybridized carbons (Fsp3) is 0.222. The van der Waals surface area contributed by atoms with E-state index < -0.39 is 28.9 Å². The summed E-state index contributed by atoms with van der Waals surface area (Å²) in [6.45, 7) is 1.88. The Hall–Kier alpha value is -2.48. The summed E-state index contributed by atoms with van der Waals surface area (Å²) >= 11 is 1.45. The molecular formula is C18H16F3N3OS. The van der Waals surface area contributed by atoms with Crippen LogP contribution >= 0.6 is 11.8 Å². The van der Waals surface area contributed by atoms with Gasteiger partial charge in [0.05, 0.1) is 11.2 Å². The summed E-state index contributed by atoms with van der Waals surface area (Å²) < 4.78 is 40.4. The van der Waals surface area contributed by atoms with E-state index in [0.29, 0.717) is 17.2 Å². The number of hydrogen-bond acceptors (Lipinski definition) is 4. The van der Waals surface area contributed by atoms with Crippen molar-refractivity contribution >= 4 is 28.5 Å². The second kappa shape index (κ2) is 7.03. The number of aliphatic imine (C=N–C) groups is 1. The number of hydrogen-bond donors (Lipinski definition) is 2. The summed E-state index contributed by atoms with van der Waals surface area (Å²) in [6.07, 6.45) is 0.709. The summed E-state index contributed by atoms with van der Waals surface area (Å²) in [5.41, 5.74) is 5.70. The number of nitrogens with one attached hydrogen (secondary N) is 1. The second-order valence-electron chi connectivity index (χ2n) is 6.10. The van der Waals surface area contributed by atoms with Gasteiger partial charge in [0.1, 0.15) is 5.82 Å². The Morgan fingerprint density at radius 3 is 2.58 bits per heavy atom. The Balaban J connectivity index is 1.89. The molecule has 1 aliphatic heterocycles. The Kier molecular flexibility index (Phi) is 4.95. The molecule has 3 N–H and O–H groups in total. The summed E-state index contributed by atoms with van der Waals surface area (Å²) in [4.78, 5) is 16.7. The van der Waals surface area contributed by atoms with E-state index in [1.807, 2.05) is 6.92 Å². The third-order valence-corrected chi connectivity index (χ3v) is 5.01. The van der Waals surface area contributed by atoms with Crippen molar-refractivity contribution < 1.29 is 18.0 Å². The van der Waals surface area contributed by atoms with Gasteiger partial charge in [-0.3, -0.25) is 9.79 Å². The van der Waals surface area contributed by atoms with E-state index in [2.05, 4.69) is 10.3 Å². The zero-order chi connectivity index (χ0) is 18.9. The highest BCUT2D eigenvalue weighted by atomic mass is 32.2. The average molecular weight is 379 g/mol. The minimum Gasteiger partial charge on any atom is -0.379 e. The van der Waals surface area contributed by atoms with E-state index in [0.717, 1.165) is 24.0 Å². The molecule has 2 aromatic rings. The molecule has 8 heteroatoms. The van der Waals surface area contributed by atoms with E-state index in [1.165, 1.54) is 23.9 Å². The third kappa shape index (κ3) is 3.70. The van der Waals surface area contributed by atoms with Gasteiger partial charge in [0.25, 0.3) is 5.91 Å². The highest BCUT2D eigenvalue weighted by Gasteiger charge is 2.30. The molecule has 0 bridgehead atoms. The number of nitrogens with zero attached hydrogens (tertiary/aromatic N) is 1. The van der Waals surface area contributed by atoms with Crippen molar-refractivity contribution in [2.24, 2.45) is 10.7 Å². The van der Waals surface area contributed by atoms with Crippen LogP contribution in [0.1, 0.15) is 29.3 Å². The number of thioether (sulfide) groups is 1. The van der Waals surface area contributed by atoms with Crippen LogP contribution in [0, 0.1) is 17.5 Å². The molecule has 136 valence electrons. The molecule has 0 aliphatic carbocycles. The number of benzene rings is 2. The molecule has 26 heavy (non-hydrogen) atoms. The van der Waals surface area contributed by atoms with Crippen LogP contribution in [-0.4, -0.2) is 16.8 Å². The summed E-state index contributed by atoms with van der Waals surface area (Å²) in [6, 6.07) is 7.04. The SMILES string of the molecule is CC1(c2ccc(F)c(NC(=O)c3ccc(F)c(F)c3)c2)CCSC(N)=N1. The molecule has 1 heterocycles. The highest BCUT2D eigenvalue weighted by Crippen LogP contribution is 2.36. The number of rotatable bonds is 3. The van der Waals surface area contributed by atoms with E-state index in [1.54, 1.807) is 6.07 Å². The Bertz CT molecular complexity index is 903. The molecule has 2 aromatic carbocycles. The molecule has 0 aromatic heterocycles. The number of amides is 1. The molecule has 1 amide bonds. The van der Waals surface area contributed by atoms with Crippen molar-refractivity contribution in [1.29, 1.82) is 0 Å². The molecule has 0 fully saturated rings. The van der Waals surface area contributed by atoms with Crippen molar-refractivity contribution in [3.8, 4) is 0 Å². The first kappa shape index (κ1) is 18.3. The van der Waals surface area contributed by atoms with Gasteiger partial charge >= 0.3 is 0 Å². The van der Waals surface area contributed by atoms with Crippen LogP contribution < -0.4 is 11.1 Å². The maximum atomic E-state index is 14.1. The van der Waals surface area contributed by atoms with Crippen molar-refractivity contribution in [1.82, 2.24) is 0 Å². The molecule has 1 atom stereocenters. The highest BCUT2D eigenvalue weighted by molar-refractivity contribution is 8.13. The molecular weight excluding hydrogens is 363 g/mol. The molecule has 1 unspecified atom stereocenters. The van der Waals surface area contributed by atoms with Gasteiger partial charge in [-0.15, -0.1) is 0 Å². The van der Waals surface area contributed by atoms with Crippen LogP contribution in [0.5, 0.6) is 0 Å². The predicted octanol–water partition coefficient (Wildman–Crippen LogP) is 4.02. The smallest absolute Gasteiger partial charge is 0.255 e. The fourth-order valence-electron chi connectivity index (χ4n) is 2.68. The van der Waals surface area contributed by atoms with Crippen molar-refractivity contribution in [3.05, 3.63) is 65.0 Å². The predicted molar refractivity (Wildman–Crippen MR) is 96.8 cm³/mol. The molecule has 1 aliphatic rings. The Morgan fingerprint density at radius 2 is 1.88 bits per heavy atom. The maximum absolute atomic E-state index is 14.1. The first-order valence-corrected chi connectivity index (χ1v) is 8.81. The largest absolute Gasteiger partial charge is 0.379 e. The first-order chi connectivity index (χ1) is 12.3. The van der Waals surface area contributed by atoms with E-state index in [4.69, 9.17) is 5.73 Å². The molecule has 0 spiro atoms. The van der Waals surface area contributed by atoms with Gasteiger partial charge < -0.3 is 11.1 Å². The van der Waals surface area contributed by atoms with E-state index in [9.17, 15) is 18.0 Å². The monoisotopic (exact) mass is 379 g/mol. The standard InChI is InChI=1S/C18H16F3N3OS/c1-18(6-7-26-17(22)24-18)11-3-5-13(20)15(9-11)23-16(25)10-2-4-12(19)14(21)8-10/h2-5,8-9H,6-7H2,1H3,(H2,22,24)(H,23,25). The zero-order valence-corrected chi connectivity index (χ0v) is 14.7. The summed E-state index contributed by atoms with van der Waals surface area (Å²) in [5.74, 6) is -2.82. The number of anilines is 1. The minimum absolute atomic E-state index is 0.0644. The van der Waals surface area contributed by atoms with Gasteiger partial charge in [-0.25, -0.2) is 13.2 Å². The lowest BCUT2D eigenvalue weighted by Crippen LogP contribution is -2.29. The minimum atomic E-state index is -1.15. The van der Waals surface area contributed by atoms with Crippen molar-refractivity contribution in [2.75, 3.05) is 11.1 Å². The lowest BCUT2D eigenvalue weighted by Gasteiger charge is -2.30. The van der Waals surface area contributed by atoms with Crippen LogP contribution in [0.2, 0.25) is 0 Å². The zero-order valence-electron chi connectivity index (χ0n) is 13.9. The number of halogens is 3. The topological polar surface area (TPSA) is 67.5 Å². The maximum Gasteiger partial charge on any atom is 0.255 e. The quantitative estimate of drug-likeness (QED) is 0.846. The number of amidine groups is 1. The fourth-order valence-corrected chi connectivity index (χ4v) is 3.66. The lowest BCUT2D eigenvalue weighted by molar-refractivity contribution is 0.102. The Labute approximate surface area is 152 Å². The average Bonchev–Trinajstić information content (AvgIpc) is 2.59. The lowest BCUT2D eigenvalue weighted by atomic mass is 9.89. The van der Waals surface area contributed by atoms with Gasteiger partial charge in [-0.2, -0.15) is 0 Å². The van der Waals surface area contributed by atoms with Gasteiger partial charge in [-0.05, 0) is 49.2 Å². The molecule has 0 saturated heterocycles. The molecule has 0 radical (unpaired) electrons. The van der Waals surface area contributed by atoms with Crippen LogP contribution in [0.3, 0.4) is 0 Å². The summed E-state index contributed by atoms with van der Waals surface area (Å²) in [5, 5.41) is 2.85. The van der Waals surface area contributed by atoms with E-state index in [-0.39, 0.29) is 11.3 Å². The normalized spacial score (nSPS) is 19.8.